The third-order valence-electron chi connectivity index (χ3n) is 0. The third kappa shape index (κ3) is 72.5. The van der Waals surface area contributed by atoms with Gasteiger partial charge in [-0.1, -0.05) is 0 Å². The average molecular weight is 276 g/mol. The first kappa shape index (κ1) is 97.5. The maximum atomic E-state index is 0. The molecule has 0 fully saturated rings. The van der Waals surface area contributed by atoms with Crippen molar-refractivity contribution in [3.8, 4) is 0 Å². The molecule has 0 atom stereocenters. The molecule has 0 amide bonds. The van der Waals surface area contributed by atoms with Crippen LogP contribution in [0.15, 0.2) is 0 Å². The van der Waals surface area contributed by atoms with Crippen molar-refractivity contribution >= 4 is 296 Å². The molecule has 0 aromatic heterocycles. The summed E-state index contributed by atoms with van der Waals surface area (Å²) in [4.78, 5) is 0. The average Bonchev–Trinajstić information content (AvgIpc) is 0. The molecular formula is H14Na10O2. The molecule has 0 bridgehead atoms. The quantitative estimate of drug-likeness (QED) is 0.395. The van der Waals surface area contributed by atoms with Crippen LogP contribution >= 0.6 is 0 Å². The molecule has 0 unspecified atom stereocenters. The van der Waals surface area contributed by atoms with E-state index >= 15 is 0 Å². The predicted molar refractivity (Wildman–Crippen MR) is 78.7 cm³/mol. The molecule has 0 aliphatic heterocycles. The van der Waals surface area contributed by atoms with Gasteiger partial charge in [0.15, 0.2) is 0 Å². The fourth-order valence-electron chi connectivity index (χ4n) is 0. The van der Waals surface area contributed by atoms with E-state index in [0.717, 1.165) is 0 Å². The van der Waals surface area contributed by atoms with Gasteiger partial charge in [0, 0.05) is 0 Å². The van der Waals surface area contributed by atoms with Crippen molar-refractivity contribution in [1.82, 2.24) is 0 Å². The van der Waals surface area contributed by atoms with Gasteiger partial charge in [0.25, 0.3) is 0 Å². The van der Waals surface area contributed by atoms with Gasteiger partial charge >= 0.3 is 296 Å². The van der Waals surface area contributed by atoms with Crippen LogP contribution in [-0.4, -0.2) is 307 Å². The normalized spacial score (nSPS) is 0. The summed E-state index contributed by atoms with van der Waals surface area (Å²) in [5.41, 5.74) is 0. The Morgan fingerprint density at radius 3 is 0.167 bits per heavy atom. The fraction of sp³-hybridized carbons (Fsp3) is 0. The molecule has 0 saturated heterocycles. The Bertz CT molecular complexity index is 7.80. The molecule has 0 heterocycles. The molecule has 0 rings (SSSR count). The van der Waals surface area contributed by atoms with E-state index in [1.807, 2.05) is 0 Å². The van der Waals surface area contributed by atoms with E-state index in [-0.39, 0.29) is 307 Å². The summed E-state index contributed by atoms with van der Waals surface area (Å²) in [5.74, 6) is 0. The summed E-state index contributed by atoms with van der Waals surface area (Å²) in [5, 5.41) is 0. The number of rotatable bonds is 0. The van der Waals surface area contributed by atoms with Crippen LogP contribution in [0.2, 0.25) is 0 Å². The molecule has 0 aliphatic rings. The number of hydrogen-bond donors (Lipinski definition) is 0. The molecule has 0 spiro atoms. The first-order valence-electron chi connectivity index (χ1n) is 0. The Morgan fingerprint density at radius 2 is 0.167 bits per heavy atom. The topological polar surface area (TPSA) is 63.0 Å². The van der Waals surface area contributed by atoms with E-state index in [4.69, 9.17) is 0 Å². The van der Waals surface area contributed by atoms with E-state index in [9.17, 15) is 0 Å². The third-order valence-corrected chi connectivity index (χ3v) is 0. The first-order chi connectivity index (χ1) is 0. The zero-order valence-electron chi connectivity index (χ0n) is 1.00. The van der Waals surface area contributed by atoms with E-state index in [2.05, 4.69) is 0 Å². The van der Waals surface area contributed by atoms with Crippen LogP contribution in [0.1, 0.15) is 0 Å². The van der Waals surface area contributed by atoms with Gasteiger partial charge < -0.3 is 11.0 Å². The van der Waals surface area contributed by atoms with Crippen molar-refractivity contribution in [3.05, 3.63) is 0 Å². The molecule has 0 radical (unpaired) electrons. The molecule has 2 nitrogen and oxygen atoms in total. The van der Waals surface area contributed by atoms with Crippen LogP contribution in [0, 0.1) is 0 Å². The second kappa shape index (κ2) is 84.4. The molecule has 0 aromatic carbocycles. The van der Waals surface area contributed by atoms with E-state index in [0.29, 0.717) is 0 Å². The summed E-state index contributed by atoms with van der Waals surface area (Å²) in [6.07, 6.45) is 0. The molecule has 4 N–H and O–H groups in total. The second-order valence-corrected chi connectivity index (χ2v) is 0. The molecule has 0 aromatic rings. The van der Waals surface area contributed by atoms with Gasteiger partial charge in [-0.3, -0.25) is 0 Å². The van der Waals surface area contributed by atoms with Crippen LogP contribution < -0.4 is 0 Å². The van der Waals surface area contributed by atoms with Crippen LogP contribution in [0.4, 0.5) is 0 Å². The standard InChI is InChI=1S/10Na.2H2O.10H/h;;;;;;;;;;2*1H2;;;;;;;;;;. The minimum atomic E-state index is 0. The van der Waals surface area contributed by atoms with Gasteiger partial charge in [-0.05, 0) is 0 Å². The number of hydrogen-bond acceptors (Lipinski definition) is 0. The van der Waals surface area contributed by atoms with Crippen molar-refractivity contribution in [2.24, 2.45) is 0 Å². The summed E-state index contributed by atoms with van der Waals surface area (Å²) in [6, 6.07) is 0. The van der Waals surface area contributed by atoms with Gasteiger partial charge in [-0.25, -0.2) is 0 Å². The van der Waals surface area contributed by atoms with Gasteiger partial charge in [-0.2, -0.15) is 0 Å². The fourth-order valence-corrected chi connectivity index (χ4v) is 0. The van der Waals surface area contributed by atoms with Crippen molar-refractivity contribution < 1.29 is 11.0 Å². The van der Waals surface area contributed by atoms with Crippen molar-refractivity contribution in [1.29, 1.82) is 0 Å². The van der Waals surface area contributed by atoms with Crippen LogP contribution in [0.25, 0.3) is 0 Å². The zero-order chi connectivity index (χ0) is 0. The van der Waals surface area contributed by atoms with Crippen molar-refractivity contribution in [2.75, 3.05) is 0 Å². The maximum absolute atomic E-state index is 0. The Balaban J connectivity index is 0. The summed E-state index contributed by atoms with van der Waals surface area (Å²) < 4.78 is 0. The van der Waals surface area contributed by atoms with Gasteiger partial charge in [-0.15, -0.1) is 0 Å². The molecule has 12 heteroatoms. The summed E-state index contributed by atoms with van der Waals surface area (Å²) in [7, 11) is 0. The Morgan fingerprint density at radius 1 is 0.167 bits per heavy atom. The second-order valence-electron chi connectivity index (χ2n) is 0. The van der Waals surface area contributed by atoms with Gasteiger partial charge in [0.1, 0.15) is 0 Å². The molecule has 36 valence electrons. The first-order valence-corrected chi connectivity index (χ1v) is 0. The zero-order valence-corrected chi connectivity index (χ0v) is 1.00. The Kier molecular flexibility index (Phi) is 685. The van der Waals surface area contributed by atoms with Crippen molar-refractivity contribution in [3.63, 3.8) is 0 Å². The Labute approximate surface area is 296 Å². The van der Waals surface area contributed by atoms with E-state index < -0.39 is 0 Å². The Hall–Kier alpha value is 9.92. The molecule has 12 heavy (non-hydrogen) atoms. The van der Waals surface area contributed by atoms with Crippen LogP contribution in [0.3, 0.4) is 0 Å². The van der Waals surface area contributed by atoms with E-state index in [1.54, 1.807) is 0 Å². The predicted octanol–water partition coefficient (Wildman–Crippen LogP) is -8.13. The van der Waals surface area contributed by atoms with E-state index in [1.165, 1.54) is 0 Å². The van der Waals surface area contributed by atoms with Crippen LogP contribution in [-0.2, 0) is 0 Å². The summed E-state index contributed by atoms with van der Waals surface area (Å²) in [6.45, 7) is 0. The van der Waals surface area contributed by atoms with Crippen LogP contribution in [0.5, 0.6) is 0 Å². The van der Waals surface area contributed by atoms with Gasteiger partial charge in [0.2, 0.25) is 0 Å². The van der Waals surface area contributed by atoms with Crippen molar-refractivity contribution in [2.45, 2.75) is 0 Å². The van der Waals surface area contributed by atoms with Gasteiger partial charge in [0.05, 0.1) is 0 Å². The molecular weight excluding hydrogens is 262 g/mol. The SMILES string of the molecule is O.O.[NaH].[NaH].[NaH].[NaH].[NaH].[NaH].[NaH].[NaH].[NaH].[NaH]. The monoisotopic (exact) mass is 276 g/mol. The molecule has 0 aliphatic carbocycles. The minimum absolute atomic E-state index is 0. The summed E-state index contributed by atoms with van der Waals surface area (Å²) >= 11 is 0. The molecule has 0 saturated carbocycles.